The van der Waals surface area contributed by atoms with E-state index in [9.17, 15) is 0 Å². The molecule has 5 aromatic rings. The molecule has 0 saturated carbocycles. The molecule has 0 bridgehead atoms. The summed E-state index contributed by atoms with van der Waals surface area (Å²) in [5.74, 6) is 1.82. The van der Waals surface area contributed by atoms with E-state index in [0.29, 0.717) is 0 Å². The maximum absolute atomic E-state index is 4.45. The molecule has 5 rings (SSSR count). The maximum Gasteiger partial charge on any atom is 0.175 e. The molecule has 0 aliphatic heterocycles. The van der Waals surface area contributed by atoms with E-state index >= 15 is 0 Å². The summed E-state index contributed by atoms with van der Waals surface area (Å²) < 4.78 is 2.06. The minimum atomic E-state index is 0.912. The largest absolute Gasteiger partial charge is 0.175 e. The topological polar surface area (TPSA) is 25.8 Å². The van der Waals surface area contributed by atoms with Crippen molar-refractivity contribution >= 4 is 56.4 Å². The van der Waals surface area contributed by atoms with E-state index in [1.165, 1.54) is 43.8 Å². The first-order valence-corrected chi connectivity index (χ1v) is 13.0. The van der Waals surface area contributed by atoms with Gasteiger partial charge in [0.1, 0.15) is 0 Å². The van der Waals surface area contributed by atoms with Crippen LogP contribution in [-0.2, 0) is 11.5 Å². The van der Waals surface area contributed by atoms with Gasteiger partial charge in [-0.25, -0.2) is 0 Å². The molecule has 0 fully saturated rings. The summed E-state index contributed by atoms with van der Waals surface area (Å²) in [6.45, 7) is 4.38. The summed E-state index contributed by atoms with van der Waals surface area (Å²) in [6.07, 6.45) is 0. The van der Waals surface area contributed by atoms with Crippen molar-refractivity contribution in [3.05, 3.63) is 95.1 Å². The van der Waals surface area contributed by atoms with Crippen molar-refractivity contribution in [1.29, 1.82) is 0 Å². The van der Waals surface area contributed by atoms with E-state index in [1.807, 2.05) is 0 Å². The van der Waals surface area contributed by atoms with Crippen LogP contribution in [0.3, 0.4) is 0 Å². The Morgan fingerprint density at radius 3 is 1.55 bits per heavy atom. The van der Waals surface area contributed by atoms with Gasteiger partial charge in [-0.05, 0) is 57.6 Å². The monoisotopic (exact) mass is 458 g/mol. The summed E-state index contributed by atoms with van der Waals surface area (Å²) in [5.41, 5.74) is 5.44. The molecule has 0 aliphatic rings. The van der Waals surface area contributed by atoms with Crippen LogP contribution in [0.25, 0.3) is 21.5 Å². The number of nitrogens with zero attached hydrogens (tertiary/aromatic N) is 2. The predicted molar refractivity (Wildman–Crippen MR) is 136 cm³/mol. The molecule has 1 aromatic heterocycles. The van der Waals surface area contributed by atoms with Crippen molar-refractivity contribution in [3.8, 4) is 0 Å². The molecule has 0 amide bonds. The highest BCUT2D eigenvalue weighted by atomic mass is 32.2. The zero-order chi connectivity index (χ0) is 21.2. The Kier molecular flexibility index (Phi) is 5.99. The van der Waals surface area contributed by atoms with Crippen LogP contribution in [0.2, 0.25) is 0 Å². The van der Waals surface area contributed by atoms with E-state index in [2.05, 4.69) is 96.8 Å². The first-order chi connectivity index (χ1) is 15.2. The Hall–Kier alpha value is -2.34. The molecule has 0 aliphatic carbocycles. The molecule has 2 nitrogen and oxygen atoms in total. The lowest BCUT2D eigenvalue weighted by Gasteiger charge is -2.09. The van der Waals surface area contributed by atoms with Crippen LogP contribution in [0.4, 0.5) is 0 Å². The quantitative estimate of drug-likeness (QED) is 0.240. The Balaban J connectivity index is 1.30. The number of aromatic nitrogens is 2. The summed E-state index contributed by atoms with van der Waals surface area (Å²) in [7, 11) is 0. The highest BCUT2D eigenvalue weighted by Crippen LogP contribution is 2.36. The Morgan fingerprint density at radius 2 is 1.06 bits per heavy atom. The molecule has 31 heavy (non-hydrogen) atoms. The molecule has 5 heteroatoms. The van der Waals surface area contributed by atoms with Gasteiger partial charge in [-0.15, -0.1) is 10.2 Å². The van der Waals surface area contributed by atoms with Gasteiger partial charge < -0.3 is 0 Å². The van der Waals surface area contributed by atoms with Gasteiger partial charge in [0.2, 0.25) is 0 Å². The molecule has 0 N–H and O–H groups in total. The van der Waals surface area contributed by atoms with Gasteiger partial charge in [0.15, 0.2) is 8.68 Å². The number of hydrogen-bond donors (Lipinski definition) is 0. The number of benzene rings is 4. The molecular formula is C26H22N2S3. The van der Waals surface area contributed by atoms with Crippen molar-refractivity contribution < 1.29 is 0 Å². The number of hydrogen-bond acceptors (Lipinski definition) is 5. The third-order valence-electron chi connectivity index (χ3n) is 5.62. The van der Waals surface area contributed by atoms with E-state index in [1.54, 1.807) is 34.9 Å². The molecule has 0 atom stereocenters. The second kappa shape index (κ2) is 9.03. The molecule has 0 spiro atoms. The maximum atomic E-state index is 4.45. The molecule has 0 radical (unpaired) electrons. The Morgan fingerprint density at radius 1 is 0.613 bits per heavy atom. The average Bonchev–Trinajstić information content (AvgIpc) is 3.25. The highest BCUT2D eigenvalue weighted by Gasteiger charge is 2.11. The standard InChI is InChI=1S/C26H22N2S3/c1-17-11-13-19-7-3-5-9-21(19)23(17)15-29-25-27-28-26(31-25)30-16-24-18(2)12-14-20-8-4-6-10-22(20)24/h3-14H,15-16H2,1-2H3. The van der Waals surface area contributed by atoms with Crippen molar-refractivity contribution in [1.82, 2.24) is 10.2 Å². The van der Waals surface area contributed by atoms with Crippen molar-refractivity contribution in [2.75, 3.05) is 0 Å². The van der Waals surface area contributed by atoms with Crippen LogP contribution in [-0.4, -0.2) is 10.2 Å². The first kappa shape index (κ1) is 20.6. The summed E-state index contributed by atoms with van der Waals surface area (Å²) in [4.78, 5) is 0. The van der Waals surface area contributed by atoms with Crippen molar-refractivity contribution in [2.24, 2.45) is 0 Å². The van der Waals surface area contributed by atoms with Crippen LogP contribution in [0.1, 0.15) is 22.3 Å². The normalized spacial score (nSPS) is 11.4. The number of fused-ring (bicyclic) bond motifs is 2. The molecule has 154 valence electrons. The van der Waals surface area contributed by atoms with Crippen molar-refractivity contribution in [3.63, 3.8) is 0 Å². The third kappa shape index (κ3) is 4.36. The predicted octanol–water partition coefficient (Wildman–Crippen LogP) is 8.05. The van der Waals surface area contributed by atoms with E-state index in [-0.39, 0.29) is 0 Å². The molecule has 1 heterocycles. The summed E-state index contributed by atoms with van der Waals surface area (Å²) >= 11 is 5.26. The number of rotatable bonds is 6. The fraction of sp³-hybridized carbons (Fsp3) is 0.154. The van der Waals surface area contributed by atoms with E-state index in [0.717, 1.165) is 20.2 Å². The SMILES string of the molecule is Cc1ccc2ccccc2c1CSc1nnc(SCc2c(C)ccc3ccccc23)s1. The molecule has 4 aromatic carbocycles. The molecule has 0 unspecified atom stereocenters. The minimum absolute atomic E-state index is 0.912. The van der Waals surface area contributed by atoms with Gasteiger partial charge in [-0.3, -0.25) is 0 Å². The van der Waals surface area contributed by atoms with Gasteiger partial charge >= 0.3 is 0 Å². The number of thioether (sulfide) groups is 2. The number of aryl methyl sites for hydroxylation is 2. The third-order valence-corrected chi connectivity index (χ3v) is 8.86. The smallest absolute Gasteiger partial charge is 0.131 e. The van der Waals surface area contributed by atoms with Crippen LogP contribution in [0.15, 0.2) is 81.5 Å². The van der Waals surface area contributed by atoms with Crippen LogP contribution in [0, 0.1) is 13.8 Å². The van der Waals surface area contributed by atoms with Crippen LogP contribution < -0.4 is 0 Å². The zero-order valence-electron chi connectivity index (χ0n) is 17.5. The molecular weight excluding hydrogens is 437 g/mol. The zero-order valence-corrected chi connectivity index (χ0v) is 19.9. The van der Waals surface area contributed by atoms with Gasteiger partial charge in [0, 0.05) is 11.5 Å². The Bertz CT molecular complexity index is 1270. The molecule has 0 saturated heterocycles. The van der Waals surface area contributed by atoms with Gasteiger partial charge in [-0.1, -0.05) is 108 Å². The first-order valence-electron chi connectivity index (χ1n) is 10.2. The lowest BCUT2D eigenvalue weighted by molar-refractivity contribution is 0.954. The van der Waals surface area contributed by atoms with Gasteiger partial charge in [0.25, 0.3) is 0 Å². The fourth-order valence-corrected chi connectivity index (χ4v) is 7.12. The van der Waals surface area contributed by atoms with Crippen LogP contribution >= 0.6 is 34.9 Å². The second-order valence-electron chi connectivity index (χ2n) is 7.58. The summed E-state index contributed by atoms with van der Waals surface area (Å²) in [5, 5.41) is 14.2. The lowest BCUT2D eigenvalue weighted by Crippen LogP contribution is -1.89. The van der Waals surface area contributed by atoms with E-state index in [4.69, 9.17) is 0 Å². The fourth-order valence-electron chi connectivity index (χ4n) is 3.85. The van der Waals surface area contributed by atoms with E-state index < -0.39 is 0 Å². The lowest BCUT2D eigenvalue weighted by atomic mass is 10.0. The van der Waals surface area contributed by atoms with Gasteiger partial charge in [-0.2, -0.15) is 0 Å². The van der Waals surface area contributed by atoms with Crippen LogP contribution in [0.5, 0.6) is 0 Å². The average molecular weight is 459 g/mol. The highest BCUT2D eigenvalue weighted by molar-refractivity contribution is 8.02. The minimum Gasteiger partial charge on any atom is -0.131 e. The summed E-state index contributed by atoms with van der Waals surface area (Å²) in [6, 6.07) is 26.0. The van der Waals surface area contributed by atoms with Crippen molar-refractivity contribution in [2.45, 2.75) is 34.0 Å². The van der Waals surface area contributed by atoms with Gasteiger partial charge in [0.05, 0.1) is 0 Å². The second-order valence-corrected chi connectivity index (χ2v) is 11.0. The Labute approximate surface area is 195 Å².